The van der Waals surface area contributed by atoms with Gasteiger partial charge in [-0.2, -0.15) is 15.3 Å². The lowest BCUT2D eigenvalue weighted by Crippen LogP contribution is -2.40. The van der Waals surface area contributed by atoms with Gasteiger partial charge in [-0.05, 0) is 23.8 Å². The number of Topliss-reactive ketones (excluding diaryl/α,β-unsaturated/α-hetero) is 1. The molecule has 0 amide bonds. The second kappa shape index (κ2) is 7.31. The van der Waals surface area contributed by atoms with E-state index in [1.165, 1.54) is 0 Å². The molecular formula is C19H21N5O2. The molecule has 2 aromatic heterocycles. The van der Waals surface area contributed by atoms with Crippen molar-refractivity contribution >= 4 is 16.7 Å². The summed E-state index contributed by atoms with van der Waals surface area (Å²) in [6, 6.07) is 7.98. The molecule has 0 aliphatic carbocycles. The number of hydrogen-bond acceptors (Lipinski definition) is 6. The van der Waals surface area contributed by atoms with Gasteiger partial charge in [0.05, 0.1) is 43.6 Å². The maximum absolute atomic E-state index is 12.3. The molecule has 1 aliphatic rings. The molecule has 0 bridgehead atoms. The van der Waals surface area contributed by atoms with Crippen LogP contribution in [0.1, 0.15) is 5.69 Å². The maximum Gasteiger partial charge on any atom is 0.152 e. The van der Waals surface area contributed by atoms with E-state index in [9.17, 15) is 4.79 Å². The summed E-state index contributed by atoms with van der Waals surface area (Å²) in [6.45, 7) is 3.45. The molecule has 1 aliphatic heterocycles. The number of aryl methyl sites for hydroxylation is 1. The SMILES string of the molecule is Cn1cc(-c2ccc3nnc(CC(=O)CN4CCOCC4)cc3c2)cn1. The van der Waals surface area contributed by atoms with E-state index in [0.717, 1.165) is 35.1 Å². The number of aromatic nitrogens is 4. The fourth-order valence-electron chi connectivity index (χ4n) is 3.19. The predicted octanol–water partition coefficient (Wildman–Crippen LogP) is 1.47. The van der Waals surface area contributed by atoms with Gasteiger partial charge in [0.2, 0.25) is 0 Å². The minimum absolute atomic E-state index is 0.156. The Morgan fingerprint density at radius 2 is 2.00 bits per heavy atom. The second-order valence-electron chi connectivity index (χ2n) is 6.62. The highest BCUT2D eigenvalue weighted by atomic mass is 16.5. The van der Waals surface area contributed by atoms with Crippen LogP contribution in [-0.4, -0.2) is 63.5 Å². The van der Waals surface area contributed by atoms with Crippen LogP contribution < -0.4 is 0 Å². The van der Waals surface area contributed by atoms with Crippen LogP contribution in [0.4, 0.5) is 0 Å². The Hall–Kier alpha value is -2.64. The Bertz CT molecular complexity index is 931. The third kappa shape index (κ3) is 3.79. The number of rotatable bonds is 5. The predicted molar refractivity (Wildman–Crippen MR) is 97.7 cm³/mol. The molecule has 1 aromatic carbocycles. The first-order valence-electron chi connectivity index (χ1n) is 8.74. The summed E-state index contributed by atoms with van der Waals surface area (Å²) >= 11 is 0. The van der Waals surface area contributed by atoms with Crippen molar-refractivity contribution in [2.75, 3.05) is 32.8 Å². The van der Waals surface area contributed by atoms with Gasteiger partial charge in [0.25, 0.3) is 0 Å². The molecule has 0 unspecified atom stereocenters. The zero-order chi connectivity index (χ0) is 17.9. The van der Waals surface area contributed by atoms with Crippen LogP contribution in [0.3, 0.4) is 0 Å². The van der Waals surface area contributed by atoms with Gasteiger partial charge in [0, 0.05) is 37.3 Å². The molecule has 0 radical (unpaired) electrons. The van der Waals surface area contributed by atoms with Crippen molar-refractivity contribution in [3.8, 4) is 11.1 Å². The Morgan fingerprint density at radius 3 is 2.77 bits per heavy atom. The lowest BCUT2D eigenvalue weighted by atomic mass is 10.1. The fourth-order valence-corrected chi connectivity index (χ4v) is 3.19. The molecular weight excluding hydrogens is 330 g/mol. The molecule has 3 aromatic rings. The number of fused-ring (bicyclic) bond motifs is 1. The van der Waals surface area contributed by atoms with E-state index in [1.54, 1.807) is 4.68 Å². The van der Waals surface area contributed by atoms with Gasteiger partial charge in [-0.15, -0.1) is 0 Å². The first-order chi connectivity index (χ1) is 12.7. The second-order valence-corrected chi connectivity index (χ2v) is 6.62. The summed E-state index contributed by atoms with van der Waals surface area (Å²) < 4.78 is 7.09. The number of carbonyl (C=O) groups excluding carboxylic acids is 1. The minimum atomic E-state index is 0.156. The highest BCUT2D eigenvalue weighted by Gasteiger charge is 2.15. The molecule has 3 heterocycles. The van der Waals surface area contributed by atoms with Gasteiger partial charge in [-0.1, -0.05) is 6.07 Å². The lowest BCUT2D eigenvalue weighted by Gasteiger charge is -2.25. The zero-order valence-electron chi connectivity index (χ0n) is 14.8. The number of benzene rings is 1. The standard InChI is InChI=1S/C19H21N5O2/c1-23-12-16(11-20-23)14-2-3-19-15(8-14)9-17(21-22-19)10-18(25)13-24-4-6-26-7-5-24/h2-3,8-9,11-12H,4-7,10,13H2,1H3. The van der Waals surface area contributed by atoms with Crippen molar-refractivity contribution in [3.63, 3.8) is 0 Å². The average molecular weight is 351 g/mol. The molecule has 0 N–H and O–H groups in total. The van der Waals surface area contributed by atoms with E-state index in [4.69, 9.17) is 4.74 Å². The van der Waals surface area contributed by atoms with Crippen LogP contribution in [0, 0.1) is 0 Å². The summed E-state index contributed by atoms with van der Waals surface area (Å²) in [7, 11) is 1.90. The third-order valence-electron chi connectivity index (χ3n) is 4.56. The van der Waals surface area contributed by atoms with Gasteiger partial charge in [-0.3, -0.25) is 14.4 Å². The van der Waals surface area contributed by atoms with Gasteiger partial charge >= 0.3 is 0 Å². The number of ether oxygens (including phenoxy) is 1. The molecule has 26 heavy (non-hydrogen) atoms. The molecule has 1 saturated heterocycles. The highest BCUT2D eigenvalue weighted by molar-refractivity contribution is 5.86. The number of hydrogen-bond donors (Lipinski definition) is 0. The third-order valence-corrected chi connectivity index (χ3v) is 4.56. The molecule has 134 valence electrons. The lowest BCUT2D eigenvalue weighted by molar-refractivity contribution is -0.120. The van der Waals surface area contributed by atoms with E-state index in [2.05, 4.69) is 26.3 Å². The van der Waals surface area contributed by atoms with Crippen LogP contribution in [0.25, 0.3) is 22.0 Å². The number of nitrogens with zero attached hydrogens (tertiary/aromatic N) is 5. The van der Waals surface area contributed by atoms with Crippen molar-refractivity contribution < 1.29 is 9.53 Å². The zero-order valence-corrected chi connectivity index (χ0v) is 14.8. The first-order valence-corrected chi connectivity index (χ1v) is 8.74. The molecule has 7 heteroatoms. The molecule has 0 atom stereocenters. The fraction of sp³-hybridized carbons (Fsp3) is 0.368. The highest BCUT2D eigenvalue weighted by Crippen LogP contribution is 2.23. The van der Waals surface area contributed by atoms with Crippen molar-refractivity contribution in [1.29, 1.82) is 0 Å². The first kappa shape index (κ1) is 16.8. The van der Waals surface area contributed by atoms with Crippen molar-refractivity contribution in [1.82, 2.24) is 24.9 Å². The van der Waals surface area contributed by atoms with Gasteiger partial charge in [-0.25, -0.2) is 0 Å². The van der Waals surface area contributed by atoms with Gasteiger partial charge in [0.15, 0.2) is 5.78 Å². The van der Waals surface area contributed by atoms with Crippen LogP contribution in [-0.2, 0) is 23.0 Å². The van der Waals surface area contributed by atoms with Crippen LogP contribution in [0.5, 0.6) is 0 Å². The summed E-state index contributed by atoms with van der Waals surface area (Å²) in [4.78, 5) is 14.5. The molecule has 4 rings (SSSR count). The van der Waals surface area contributed by atoms with E-state index >= 15 is 0 Å². The van der Waals surface area contributed by atoms with E-state index in [-0.39, 0.29) is 5.78 Å². The molecule has 0 spiro atoms. The van der Waals surface area contributed by atoms with E-state index in [0.29, 0.717) is 31.9 Å². The van der Waals surface area contributed by atoms with Crippen molar-refractivity contribution in [3.05, 3.63) is 42.4 Å². The van der Waals surface area contributed by atoms with Crippen molar-refractivity contribution in [2.24, 2.45) is 7.05 Å². The summed E-state index contributed by atoms with van der Waals surface area (Å²) in [6.07, 6.45) is 4.11. The van der Waals surface area contributed by atoms with Crippen LogP contribution in [0.15, 0.2) is 36.7 Å². The number of ketones is 1. The van der Waals surface area contributed by atoms with E-state index < -0.39 is 0 Å². The summed E-state index contributed by atoms with van der Waals surface area (Å²) in [5.74, 6) is 0.156. The topological polar surface area (TPSA) is 73.1 Å². The average Bonchev–Trinajstić information content (AvgIpc) is 3.08. The Morgan fingerprint density at radius 1 is 1.15 bits per heavy atom. The monoisotopic (exact) mass is 351 g/mol. The quantitative estimate of drug-likeness (QED) is 0.693. The van der Waals surface area contributed by atoms with Crippen LogP contribution >= 0.6 is 0 Å². The normalized spacial score (nSPS) is 15.4. The summed E-state index contributed by atoms with van der Waals surface area (Å²) in [5, 5.41) is 13.7. The van der Waals surface area contributed by atoms with Crippen LogP contribution in [0.2, 0.25) is 0 Å². The van der Waals surface area contributed by atoms with Gasteiger partial charge in [0.1, 0.15) is 0 Å². The minimum Gasteiger partial charge on any atom is -0.379 e. The van der Waals surface area contributed by atoms with E-state index in [1.807, 2.05) is 37.6 Å². The van der Waals surface area contributed by atoms with Crippen molar-refractivity contribution in [2.45, 2.75) is 6.42 Å². The Kier molecular flexibility index (Phi) is 4.73. The Labute approximate surface area is 151 Å². The Balaban J connectivity index is 1.51. The molecule has 1 fully saturated rings. The number of morpholine rings is 1. The largest absolute Gasteiger partial charge is 0.379 e. The summed E-state index contributed by atoms with van der Waals surface area (Å²) in [5.41, 5.74) is 3.65. The number of carbonyl (C=O) groups is 1. The molecule has 7 nitrogen and oxygen atoms in total. The maximum atomic E-state index is 12.3. The van der Waals surface area contributed by atoms with Gasteiger partial charge < -0.3 is 4.74 Å². The molecule has 0 saturated carbocycles. The smallest absolute Gasteiger partial charge is 0.152 e.